The molecule has 27 heavy (non-hydrogen) atoms. The van der Waals surface area contributed by atoms with Gasteiger partial charge in [-0.15, -0.1) is 0 Å². The summed E-state index contributed by atoms with van der Waals surface area (Å²) in [6, 6.07) is 16.8. The molecule has 6 nitrogen and oxygen atoms in total. The van der Waals surface area contributed by atoms with Crippen LogP contribution in [-0.4, -0.2) is 33.0 Å². The van der Waals surface area contributed by atoms with Gasteiger partial charge in [-0.1, -0.05) is 12.1 Å². The summed E-state index contributed by atoms with van der Waals surface area (Å²) in [7, 11) is 0. The molecule has 1 aliphatic rings. The fourth-order valence-electron chi connectivity index (χ4n) is 3.22. The Kier molecular flexibility index (Phi) is 4.70. The zero-order valence-corrected chi connectivity index (χ0v) is 14.8. The monoisotopic (exact) mass is 360 g/mol. The number of carbonyl (C=O) groups excluding carboxylic acids is 2. The molecule has 3 aromatic rings. The van der Waals surface area contributed by atoms with Crippen LogP contribution in [0.1, 0.15) is 28.8 Å². The van der Waals surface area contributed by atoms with Gasteiger partial charge in [-0.05, 0) is 54.4 Å². The molecule has 0 unspecified atom stereocenters. The van der Waals surface area contributed by atoms with Gasteiger partial charge in [0.25, 0.3) is 5.91 Å². The van der Waals surface area contributed by atoms with Gasteiger partial charge in [0.15, 0.2) is 0 Å². The van der Waals surface area contributed by atoms with Crippen molar-refractivity contribution in [3.8, 4) is 5.69 Å². The highest BCUT2D eigenvalue weighted by molar-refractivity contribution is 6.04. The van der Waals surface area contributed by atoms with Crippen LogP contribution in [0.25, 0.3) is 5.69 Å². The molecular weight excluding hydrogens is 340 g/mol. The van der Waals surface area contributed by atoms with Gasteiger partial charge in [-0.2, -0.15) is 5.10 Å². The molecule has 0 spiro atoms. The highest BCUT2D eigenvalue weighted by Crippen LogP contribution is 2.17. The van der Waals surface area contributed by atoms with Crippen molar-refractivity contribution in [3.63, 3.8) is 0 Å². The smallest absolute Gasteiger partial charge is 0.255 e. The molecule has 2 aromatic carbocycles. The lowest BCUT2D eigenvalue weighted by atomic mass is 10.1. The van der Waals surface area contributed by atoms with Gasteiger partial charge in [0, 0.05) is 43.2 Å². The Balaban J connectivity index is 1.43. The molecule has 2 heterocycles. The molecular formula is C21H20N4O2. The van der Waals surface area contributed by atoms with E-state index < -0.39 is 0 Å². The van der Waals surface area contributed by atoms with E-state index in [-0.39, 0.29) is 11.8 Å². The third kappa shape index (κ3) is 3.89. The standard InChI is InChI=1S/C21H20N4O2/c26-20-6-2-12-24(20)15-16-4-1-5-17(14-16)21(27)23-18-7-9-19(10-8-18)25-13-3-11-22-25/h1,3-5,7-11,13-14H,2,6,12,15H2,(H,23,27). The van der Waals surface area contributed by atoms with Crippen molar-refractivity contribution in [2.24, 2.45) is 0 Å². The topological polar surface area (TPSA) is 67.2 Å². The average molecular weight is 360 g/mol. The summed E-state index contributed by atoms with van der Waals surface area (Å²) in [5.41, 5.74) is 3.19. The van der Waals surface area contributed by atoms with Crippen molar-refractivity contribution in [1.82, 2.24) is 14.7 Å². The van der Waals surface area contributed by atoms with Gasteiger partial charge in [0.05, 0.1) is 5.69 Å². The largest absolute Gasteiger partial charge is 0.338 e. The van der Waals surface area contributed by atoms with E-state index in [9.17, 15) is 9.59 Å². The van der Waals surface area contributed by atoms with Crippen LogP contribution in [0, 0.1) is 0 Å². The van der Waals surface area contributed by atoms with Crippen molar-refractivity contribution in [2.75, 3.05) is 11.9 Å². The van der Waals surface area contributed by atoms with E-state index in [1.807, 2.05) is 59.6 Å². The molecule has 6 heteroatoms. The summed E-state index contributed by atoms with van der Waals surface area (Å²) in [6.07, 6.45) is 5.12. The molecule has 0 radical (unpaired) electrons. The predicted octanol–water partition coefficient (Wildman–Crippen LogP) is 3.25. The fourth-order valence-corrected chi connectivity index (χ4v) is 3.22. The number of hydrogen-bond acceptors (Lipinski definition) is 3. The molecule has 2 amide bonds. The molecule has 0 atom stereocenters. The van der Waals surface area contributed by atoms with E-state index in [0.29, 0.717) is 18.5 Å². The van der Waals surface area contributed by atoms with Crippen LogP contribution < -0.4 is 5.32 Å². The molecule has 1 N–H and O–H groups in total. The zero-order valence-electron chi connectivity index (χ0n) is 14.8. The summed E-state index contributed by atoms with van der Waals surface area (Å²) < 4.78 is 1.76. The molecule has 0 aliphatic carbocycles. The highest BCUT2D eigenvalue weighted by Gasteiger charge is 2.20. The number of hydrogen-bond donors (Lipinski definition) is 1. The minimum Gasteiger partial charge on any atom is -0.338 e. The summed E-state index contributed by atoms with van der Waals surface area (Å²) in [5.74, 6) is 0.0126. The Morgan fingerprint density at radius 1 is 1.11 bits per heavy atom. The average Bonchev–Trinajstić information content (AvgIpc) is 3.35. The summed E-state index contributed by atoms with van der Waals surface area (Å²) in [6.45, 7) is 1.34. The van der Waals surface area contributed by atoms with Crippen LogP contribution >= 0.6 is 0 Å². The number of rotatable bonds is 5. The lowest BCUT2D eigenvalue weighted by molar-refractivity contribution is -0.128. The minimum atomic E-state index is -0.170. The first-order chi connectivity index (χ1) is 13.2. The first-order valence-corrected chi connectivity index (χ1v) is 8.97. The number of nitrogens with one attached hydrogen (secondary N) is 1. The third-order valence-electron chi connectivity index (χ3n) is 4.63. The number of amides is 2. The molecule has 1 saturated heterocycles. The molecule has 4 rings (SSSR count). The van der Waals surface area contributed by atoms with E-state index in [1.54, 1.807) is 16.9 Å². The minimum absolute atomic E-state index is 0.170. The van der Waals surface area contributed by atoms with E-state index in [0.717, 1.165) is 29.9 Å². The molecule has 136 valence electrons. The molecule has 1 aromatic heterocycles. The van der Waals surface area contributed by atoms with Crippen LogP contribution in [0.15, 0.2) is 67.0 Å². The molecule has 1 fully saturated rings. The van der Waals surface area contributed by atoms with E-state index in [1.165, 1.54) is 0 Å². The zero-order chi connectivity index (χ0) is 18.6. The van der Waals surface area contributed by atoms with E-state index >= 15 is 0 Å². The number of carbonyl (C=O) groups is 2. The third-order valence-corrected chi connectivity index (χ3v) is 4.63. The Morgan fingerprint density at radius 3 is 2.67 bits per heavy atom. The van der Waals surface area contributed by atoms with Gasteiger partial charge in [-0.25, -0.2) is 4.68 Å². The number of benzene rings is 2. The lowest BCUT2D eigenvalue weighted by Gasteiger charge is -2.16. The molecule has 1 aliphatic heterocycles. The number of anilines is 1. The van der Waals surface area contributed by atoms with Crippen molar-refractivity contribution in [3.05, 3.63) is 78.1 Å². The van der Waals surface area contributed by atoms with Gasteiger partial charge >= 0.3 is 0 Å². The van der Waals surface area contributed by atoms with Gasteiger partial charge in [-0.3, -0.25) is 9.59 Å². The maximum absolute atomic E-state index is 12.6. The van der Waals surface area contributed by atoms with E-state index in [2.05, 4.69) is 10.4 Å². The highest BCUT2D eigenvalue weighted by atomic mass is 16.2. The summed E-state index contributed by atoms with van der Waals surface area (Å²) >= 11 is 0. The predicted molar refractivity (Wildman–Crippen MR) is 103 cm³/mol. The second-order valence-corrected chi connectivity index (χ2v) is 6.57. The van der Waals surface area contributed by atoms with Crippen LogP contribution in [0.2, 0.25) is 0 Å². The maximum atomic E-state index is 12.6. The van der Waals surface area contributed by atoms with Crippen LogP contribution in [0.4, 0.5) is 5.69 Å². The van der Waals surface area contributed by atoms with Gasteiger partial charge in [0.1, 0.15) is 0 Å². The Hall–Kier alpha value is -3.41. The van der Waals surface area contributed by atoms with Gasteiger partial charge < -0.3 is 10.2 Å². The molecule has 0 bridgehead atoms. The summed E-state index contributed by atoms with van der Waals surface area (Å²) in [4.78, 5) is 26.2. The first kappa shape index (κ1) is 17.0. The van der Waals surface area contributed by atoms with Crippen molar-refractivity contribution in [2.45, 2.75) is 19.4 Å². The van der Waals surface area contributed by atoms with Crippen molar-refractivity contribution >= 4 is 17.5 Å². The summed E-state index contributed by atoms with van der Waals surface area (Å²) in [5, 5.41) is 7.09. The molecule has 0 saturated carbocycles. The Morgan fingerprint density at radius 2 is 1.96 bits per heavy atom. The maximum Gasteiger partial charge on any atom is 0.255 e. The van der Waals surface area contributed by atoms with Crippen LogP contribution in [0.3, 0.4) is 0 Å². The number of nitrogens with zero attached hydrogens (tertiary/aromatic N) is 3. The van der Waals surface area contributed by atoms with Gasteiger partial charge in [0.2, 0.25) is 5.91 Å². The number of likely N-dealkylation sites (tertiary alicyclic amines) is 1. The van der Waals surface area contributed by atoms with Crippen LogP contribution in [0.5, 0.6) is 0 Å². The van der Waals surface area contributed by atoms with Crippen LogP contribution in [-0.2, 0) is 11.3 Å². The lowest BCUT2D eigenvalue weighted by Crippen LogP contribution is -2.24. The van der Waals surface area contributed by atoms with E-state index in [4.69, 9.17) is 0 Å². The Bertz CT molecular complexity index is 949. The quantitative estimate of drug-likeness (QED) is 0.759. The van der Waals surface area contributed by atoms with Crippen molar-refractivity contribution < 1.29 is 9.59 Å². The Labute approximate surface area is 157 Å². The fraction of sp³-hybridized carbons (Fsp3) is 0.190. The first-order valence-electron chi connectivity index (χ1n) is 8.97. The second kappa shape index (κ2) is 7.45. The number of aromatic nitrogens is 2. The normalized spacial score (nSPS) is 13.8. The second-order valence-electron chi connectivity index (χ2n) is 6.57. The van der Waals surface area contributed by atoms with Crippen molar-refractivity contribution in [1.29, 1.82) is 0 Å². The SMILES string of the molecule is O=C(Nc1ccc(-n2cccn2)cc1)c1cccc(CN2CCCC2=O)c1.